The Hall–Kier alpha value is -1.61. The van der Waals surface area contributed by atoms with E-state index in [1.165, 1.54) is 9.80 Å². The van der Waals surface area contributed by atoms with Gasteiger partial charge in [0.1, 0.15) is 0 Å². The molecule has 53 heavy (non-hydrogen) atoms. The quantitative estimate of drug-likeness (QED) is 0.0476. The standard InChI is InChI=1S/2C13H23NO2S.C11H18O3.C2H7NS.H2O/c2*1-3-5-6-10(4-2)11-9-12(15)14(7-8-17)13(11)16;1-3-5-6-8(4-2)9-7-10(12)14-11(9)13;3-1-2-4;/h2*10-11,17H,3-9H2,1-2H3;8-9H,3-7H2,1-2H3;4H,1-3H2;1H2. The molecule has 3 fully saturated rings. The van der Waals surface area contributed by atoms with Gasteiger partial charge in [0.25, 0.3) is 0 Å². The van der Waals surface area contributed by atoms with Crippen molar-refractivity contribution in [3.63, 3.8) is 0 Å². The highest BCUT2D eigenvalue weighted by molar-refractivity contribution is 7.80. The van der Waals surface area contributed by atoms with E-state index in [0.29, 0.717) is 68.2 Å². The summed E-state index contributed by atoms with van der Waals surface area (Å²) in [5, 5.41) is 0. The van der Waals surface area contributed by atoms with Gasteiger partial charge >= 0.3 is 11.9 Å². The molecule has 310 valence electrons. The maximum atomic E-state index is 12.1. The molecular formula is C39H73N3O8S3. The van der Waals surface area contributed by atoms with Crippen LogP contribution < -0.4 is 5.73 Å². The van der Waals surface area contributed by atoms with Crippen molar-refractivity contribution in [3.05, 3.63) is 0 Å². The van der Waals surface area contributed by atoms with E-state index in [4.69, 9.17) is 5.73 Å². The third-order valence-electron chi connectivity index (χ3n) is 10.3. The zero-order valence-corrected chi connectivity index (χ0v) is 36.2. The second-order valence-corrected chi connectivity index (χ2v) is 15.2. The molecule has 3 aliphatic heterocycles. The predicted molar refractivity (Wildman–Crippen MR) is 223 cm³/mol. The monoisotopic (exact) mass is 807 g/mol. The maximum absolute atomic E-state index is 12.1. The van der Waals surface area contributed by atoms with Crippen molar-refractivity contribution < 1.29 is 39.0 Å². The Balaban J connectivity index is 0. The predicted octanol–water partition coefficient (Wildman–Crippen LogP) is 6.36. The number of rotatable bonds is 20. The molecule has 3 rings (SSSR count). The highest BCUT2D eigenvalue weighted by atomic mass is 32.1. The largest absolute Gasteiger partial charge is 0.412 e. The first-order chi connectivity index (χ1) is 24.9. The fraction of sp³-hybridized carbons (Fsp3) is 0.846. The number of esters is 2. The van der Waals surface area contributed by atoms with Crippen molar-refractivity contribution in [1.29, 1.82) is 0 Å². The summed E-state index contributed by atoms with van der Waals surface area (Å²) in [4.78, 5) is 72.8. The van der Waals surface area contributed by atoms with Crippen molar-refractivity contribution in [1.82, 2.24) is 9.80 Å². The number of cyclic esters (lactones) is 2. The molecule has 0 aliphatic carbocycles. The van der Waals surface area contributed by atoms with Crippen molar-refractivity contribution in [2.24, 2.45) is 41.2 Å². The van der Waals surface area contributed by atoms with Crippen LogP contribution in [0, 0.1) is 35.5 Å². The van der Waals surface area contributed by atoms with Crippen LogP contribution in [0.15, 0.2) is 0 Å². The lowest BCUT2D eigenvalue weighted by Crippen LogP contribution is -2.33. The fourth-order valence-corrected chi connectivity index (χ4v) is 7.54. The van der Waals surface area contributed by atoms with E-state index in [1.807, 2.05) is 0 Å². The van der Waals surface area contributed by atoms with E-state index in [-0.39, 0.29) is 58.8 Å². The Morgan fingerprint density at radius 1 is 0.604 bits per heavy atom. The Bertz CT molecular complexity index is 1020. The number of hydrogen-bond donors (Lipinski definition) is 4. The number of amides is 4. The van der Waals surface area contributed by atoms with E-state index in [1.54, 1.807) is 0 Å². The van der Waals surface area contributed by atoms with Crippen LogP contribution in [0.5, 0.6) is 0 Å². The van der Waals surface area contributed by atoms with E-state index in [0.717, 1.165) is 82.8 Å². The molecule has 4 N–H and O–H groups in total. The number of likely N-dealkylation sites (tertiary alicyclic amines) is 2. The number of hydrogen-bond acceptors (Lipinski definition) is 11. The third kappa shape index (κ3) is 18.7. The minimum atomic E-state index is -0.352. The first-order valence-electron chi connectivity index (χ1n) is 19.9. The second-order valence-electron chi connectivity index (χ2n) is 13.9. The molecule has 6 atom stereocenters. The minimum absolute atomic E-state index is 0. The summed E-state index contributed by atoms with van der Waals surface area (Å²) in [5.74, 6) is 2.05. The molecule has 0 radical (unpaired) electrons. The smallest absolute Gasteiger partial charge is 0.317 e. The summed E-state index contributed by atoms with van der Waals surface area (Å²) in [6.07, 6.45) is 14.0. The zero-order valence-electron chi connectivity index (χ0n) is 33.5. The molecule has 0 spiro atoms. The van der Waals surface area contributed by atoms with Crippen molar-refractivity contribution in [2.45, 2.75) is 138 Å². The summed E-state index contributed by atoms with van der Waals surface area (Å²) in [5.41, 5.74) is 4.95. The van der Waals surface area contributed by atoms with Crippen LogP contribution in [0.3, 0.4) is 0 Å². The van der Waals surface area contributed by atoms with E-state index >= 15 is 0 Å². The number of thiol groups is 3. The van der Waals surface area contributed by atoms with Crippen molar-refractivity contribution in [3.8, 4) is 0 Å². The number of ether oxygens (including phenoxy) is 1. The van der Waals surface area contributed by atoms with Crippen LogP contribution in [0.2, 0.25) is 0 Å². The van der Waals surface area contributed by atoms with E-state index in [2.05, 4.69) is 84.2 Å². The molecule has 3 aliphatic rings. The minimum Gasteiger partial charge on any atom is -0.412 e. The van der Waals surface area contributed by atoms with Crippen LogP contribution in [0.1, 0.15) is 138 Å². The number of carbonyl (C=O) groups excluding carboxylic acids is 6. The van der Waals surface area contributed by atoms with Gasteiger partial charge in [0.15, 0.2) is 0 Å². The lowest BCUT2D eigenvalue weighted by molar-refractivity contribution is -0.154. The second kappa shape index (κ2) is 31.6. The zero-order chi connectivity index (χ0) is 39.6. The van der Waals surface area contributed by atoms with Crippen LogP contribution in [-0.4, -0.2) is 87.7 Å². The van der Waals surface area contributed by atoms with Crippen LogP contribution in [0.25, 0.3) is 0 Å². The van der Waals surface area contributed by atoms with Gasteiger partial charge in [-0.25, -0.2) is 0 Å². The van der Waals surface area contributed by atoms with Gasteiger partial charge in [-0.05, 0) is 37.0 Å². The Labute approximate surface area is 336 Å². The average molecular weight is 808 g/mol. The van der Waals surface area contributed by atoms with E-state index in [9.17, 15) is 28.8 Å². The Morgan fingerprint density at radius 2 is 0.943 bits per heavy atom. The molecule has 4 amide bonds. The molecule has 0 bridgehead atoms. The molecule has 0 aromatic rings. The highest BCUT2D eigenvalue weighted by Gasteiger charge is 2.42. The van der Waals surface area contributed by atoms with Gasteiger partial charge in [-0.2, -0.15) is 37.9 Å². The Kier molecular flexibility index (Phi) is 31.9. The molecule has 0 saturated carbocycles. The average Bonchev–Trinajstić information content (AvgIpc) is 3.73. The molecular weight excluding hydrogens is 735 g/mol. The molecule has 14 heteroatoms. The lowest BCUT2D eigenvalue weighted by Gasteiger charge is -2.20. The van der Waals surface area contributed by atoms with Gasteiger partial charge in [-0.1, -0.05) is 99.3 Å². The molecule has 3 heterocycles. The number of nitrogens with two attached hydrogens (primary N) is 1. The summed E-state index contributed by atoms with van der Waals surface area (Å²) >= 11 is 12.0. The van der Waals surface area contributed by atoms with Gasteiger partial charge in [0, 0.05) is 49.7 Å². The number of nitrogens with zero attached hydrogens (tertiary/aromatic N) is 2. The van der Waals surface area contributed by atoms with Gasteiger partial charge < -0.3 is 15.9 Å². The Morgan fingerprint density at radius 3 is 1.19 bits per heavy atom. The number of carbonyl (C=O) groups is 6. The molecule has 11 nitrogen and oxygen atoms in total. The molecule has 3 saturated heterocycles. The fourth-order valence-electron chi connectivity index (χ4n) is 7.14. The van der Waals surface area contributed by atoms with Crippen molar-refractivity contribution >= 4 is 73.5 Å². The third-order valence-corrected chi connectivity index (χ3v) is 11.0. The van der Waals surface area contributed by atoms with Gasteiger partial charge in [0.05, 0.1) is 24.2 Å². The van der Waals surface area contributed by atoms with Crippen LogP contribution in [0.4, 0.5) is 0 Å². The van der Waals surface area contributed by atoms with E-state index < -0.39 is 0 Å². The van der Waals surface area contributed by atoms with Gasteiger partial charge in [-0.15, -0.1) is 0 Å². The molecule has 6 unspecified atom stereocenters. The lowest BCUT2D eigenvalue weighted by atomic mass is 9.85. The molecule has 0 aromatic carbocycles. The first kappa shape index (κ1) is 53.5. The van der Waals surface area contributed by atoms with Gasteiger partial charge in [-0.3, -0.25) is 38.6 Å². The molecule has 0 aromatic heterocycles. The van der Waals surface area contributed by atoms with Crippen molar-refractivity contribution in [2.75, 3.05) is 36.9 Å². The SMILES string of the molecule is CCCCC(CC)C1CC(=O)N(CCS)C1=O.CCCCC(CC)C1CC(=O)N(CCS)C1=O.CCCCC(CC)C1CC(=O)OC1=O.NCCS.O. The number of imide groups is 2. The first-order valence-corrected chi connectivity index (χ1v) is 21.8. The number of unbranched alkanes of at least 4 members (excludes halogenated alkanes) is 3. The maximum Gasteiger partial charge on any atom is 0.317 e. The van der Waals surface area contributed by atoms with Crippen LogP contribution in [-0.2, 0) is 33.5 Å². The topological polar surface area (TPSA) is 176 Å². The highest BCUT2D eigenvalue weighted by Crippen LogP contribution is 2.33. The summed E-state index contributed by atoms with van der Waals surface area (Å²) < 4.78 is 4.56. The van der Waals surface area contributed by atoms with Crippen LogP contribution >= 0.6 is 37.9 Å². The van der Waals surface area contributed by atoms with Gasteiger partial charge in [0.2, 0.25) is 23.6 Å². The normalized spacial score (nSPS) is 21.1. The summed E-state index contributed by atoms with van der Waals surface area (Å²) in [6, 6.07) is 0. The summed E-state index contributed by atoms with van der Waals surface area (Å²) in [7, 11) is 0. The summed E-state index contributed by atoms with van der Waals surface area (Å²) in [6.45, 7) is 14.3.